The van der Waals surface area contributed by atoms with Gasteiger partial charge in [-0.05, 0) is 60.2 Å². The first kappa shape index (κ1) is 19.8. The largest absolute Gasteiger partial charge is 0.503 e. The number of imide groups is 1. The predicted octanol–water partition coefficient (Wildman–Crippen LogP) is 5.44. The maximum atomic E-state index is 12.7. The normalized spacial score (nSPS) is 15.7. The number of rotatable bonds is 5. The lowest BCUT2D eigenvalue weighted by Crippen LogP contribution is -2.27. The van der Waals surface area contributed by atoms with Crippen molar-refractivity contribution in [1.82, 2.24) is 4.90 Å². The summed E-state index contributed by atoms with van der Waals surface area (Å²) in [7, 11) is 0. The molecule has 0 spiro atoms. The van der Waals surface area contributed by atoms with Crippen molar-refractivity contribution >= 4 is 56.5 Å². The van der Waals surface area contributed by atoms with Crippen molar-refractivity contribution in [3.05, 3.63) is 61.9 Å². The van der Waals surface area contributed by atoms with Gasteiger partial charge in [0.25, 0.3) is 11.1 Å². The van der Waals surface area contributed by atoms with Gasteiger partial charge in [-0.25, -0.2) is 0 Å². The van der Waals surface area contributed by atoms with E-state index in [2.05, 4.69) is 15.9 Å². The monoisotopic (exact) mass is 467 g/mol. The molecule has 27 heavy (non-hydrogen) atoms. The molecule has 0 saturated carbocycles. The predicted molar refractivity (Wildman–Crippen MR) is 110 cm³/mol. The summed E-state index contributed by atoms with van der Waals surface area (Å²) in [6, 6.07) is 10.5. The van der Waals surface area contributed by atoms with Crippen LogP contribution in [0, 0.1) is 0 Å². The Labute approximate surface area is 174 Å². The minimum Gasteiger partial charge on any atom is -0.503 e. The van der Waals surface area contributed by atoms with Crippen LogP contribution in [0.1, 0.15) is 18.1 Å². The zero-order chi connectivity index (χ0) is 19.6. The third-order valence-corrected chi connectivity index (χ3v) is 5.44. The molecule has 1 aliphatic rings. The topological polar surface area (TPSA) is 66.8 Å². The molecule has 8 heteroatoms. The van der Waals surface area contributed by atoms with Gasteiger partial charge in [0.05, 0.1) is 23.1 Å². The molecule has 0 aromatic heterocycles. The second kappa shape index (κ2) is 8.37. The number of ether oxygens (including phenoxy) is 1. The van der Waals surface area contributed by atoms with Crippen molar-refractivity contribution in [3.8, 4) is 11.5 Å². The first-order chi connectivity index (χ1) is 12.9. The highest BCUT2D eigenvalue weighted by atomic mass is 79.9. The molecule has 0 radical (unpaired) electrons. The highest BCUT2D eigenvalue weighted by Crippen LogP contribution is 2.38. The Bertz CT molecular complexity index is 947. The van der Waals surface area contributed by atoms with E-state index in [-0.39, 0.29) is 34.2 Å². The number of carbonyl (C=O) groups is 2. The van der Waals surface area contributed by atoms with Crippen LogP contribution in [0.15, 0.2) is 45.8 Å². The summed E-state index contributed by atoms with van der Waals surface area (Å²) in [5, 5.41) is 9.70. The number of benzene rings is 2. The number of nitrogens with zero attached hydrogens (tertiary/aromatic N) is 1. The van der Waals surface area contributed by atoms with Gasteiger partial charge in [-0.3, -0.25) is 14.5 Å². The molecule has 1 saturated heterocycles. The standard InChI is InChI=1S/C19H15BrClNO4S/c1-2-26-15-8-12(7-14(21)17(15)23)9-16-18(24)22(19(25)27-16)10-11-4-3-5-13(20)6-11/h3-9,23H,2,10H2,1H3/b16-9-. The van der Waals surface area contributed by atoms with Crippen LogP contribution in [0.4, 0.5) is 4.79 Å². The molecule has 2 amide bonds. The molecule has 2 aromatic rings. The van der Waals surface area contributed by atoms with Crippen molar-refractivity contribution < 1.29 is 19.4 Å². The second-order valence-corrected chi connectivity index (χ2v) is 8.00. The highest BCUT2D eigenvalue weighted by Gasteiger charge is 2.35. The molecule has 140 valence electrons. The third kappa shape index (κ3) is 4.48. The van der Waals surface area contributed by atoms with Gasteiger partial charge >= 0.3 is 0 Å². The summed E-state index contributed by atoms with van der Waals surface area (Å²) in [6.45, 7) is 2.34. The van der Waals surface area contributed by atoms with E-state index in [1.807, 2.05) is 24.3 Å². The summed E-state index contributed by atoms with van der Waals surface area (Å²) in [4.78, 5) is 26.4. The number of phenolic OH excluding ortho intramolecular Hbond substituents is 1. The Kier molecular flexibility index (Phi) is 6.14. The summed E-state index contributed by atoms with van der Waals surface area (Å²) in [5.41, 5.74) is 1.41. The molecule has 1 fully saturated rings. The van der Waals surface area contributed by atoms with E-state index < -0.39 is 0 Å². The zero-order valence-electron chi connectivity index (χ0n) is 14.2. The van der Waals surface area contributed by atoms with Gasteiger partial charge in [-0.1, -0.05) is 39.7 Å². The average molecular weight is 469 g/mol. The van der Waals surface area contributed by atoms with E-state index in [4.69, 9.17) is 16.3 Å². The fourth-order valence-corrected chi connectivity index (χ4v) is 4.05. The molecule has 1 heterocycles. The number of hydrogen-bond acceptors (Lipinski definition) is 5. The second-order valence-electron chi connectivity index (χ2n) is 5.68. The molecular weight excluding hydrogens is 454 g/mol. The Morgan fingerprint density at radius 2 is 2.07 bits per heavy atom. The van der Waals surface area contributed by atoms with E-state index in [9.17, 15) is 14.7 Å². The summed E-state index contributed by atoms with van der Waals surface area (Å²) in [6.07, 6.45) is 1.57. The minimum atomic E-state index is -0.368. The molecule has 1 N–H and O–H groups in total. The smallest absolute Gasteiger partial charge is 0.293 e. The third-order valence-electron chi connectivity index (χ3n) is 3.75. The molecule has 5 nitrogen and oxygen atoms in total. The molecule has 0 aliphatic carbocycles. The van der Waals surface area contributed by atoms with Crippen molar-refractivity contribution in [2.45, 2.75) is 13.5 Å². The van der Waals surface area contributed by atoms with Crippen molar-refractivity contribution in [2.24, 2.45) is 0 Å². The average Bonchev–Trinajstić information content (AvgIpc) is 2.87. The number of amides is 2. The lowest BCUT2D eigenvalue weighted by molar-refractivity contribution is -0.123. The zero-order valence-corrected chi connectivity index (χ0v) is 17.4. The van der Waals surface area contributed by atoms with Crippen molar-refractivity contribution in [2.75, 3.05) is 6.61 Å². The van der Waals surface area contributed by atoms with Crippen LogP contribution in [0.5, 0.6) is 11.5 Å². The van der Waals surface area contributed by atoms with E-state index >= 15 is 0 Å². The SMILES string of the molecule is CCOc1cc(/C=C2\SC(=O)N(Cc3cccc(Br)c3)C2=O)cc(Cl)c1O. The maximum Gasteiger partial charge on any atom is 0.293 e. The van der Waals surface area contributed by atoms with Crippen LogP contribution in [0.25, 0.3) is 6.08 Å². The number of hydrogen-bond donors (Lipinski definition) is 1. The number of carbonyl (C=O) groups excluding carboxylic acids is 2. The molecule has 0 bridgehead atoms. The van der Waals surface area contributed by atoms with Crippen molar-refractivity contribution in [1.29, 1.82) is 0 Å². The first-order valence-electron chi connectivity index (χ1n) is 8.04. The van der Waals surface area contributed by atoms with Gasteiger partial charge in [0.15, 0.2) is 11.5 Å². The Balaban J connectivity index is 1.86. The van der Waals surface area contributed by atoms with E-state index in [1.165, 1.54) is 11.0 Å². The van der Waals surface area contributed by atoms with Gasteiger partial charge < -0.3 is 9.84 Å². The van der Waals surface area contributed by atoms with Crippen LogP contribution in [-0.2, 0) is 11.3 Å². The van der Waals surface area contributed by atoms with Crippen LogP contribution < -0.4 is 4.74 Å². The maximum absolute atomic E-state index is 12.7. The van der Waals surface area contributed by atoms with Gasteiger partial charge in [-0.15, -0.1) is 0 Å². The molecular formula is C19H15BrClNO4S. The number of aromatic hydroxyl groups is 1. The van der Waals surface area contributed by atoms with E-state index in [1.54, 1.807) is 19.1 Å². The minimum absolute atomic E-state index is 0.112. The quantitative estimate of drug-likeness (QED) is 0.592. The number of halogens is 2. The number of thioether (sulfide) groups is 1. The summed E-state index contributed by atoms with van der Waals surface area (Å²) >= 11 is 10.3. The fraction of sp³-hybridized carbons (Fsp3) is 0.158. The van der Waals surface area contributed by atoms with Crippen LogP contribution >= 0.6 is 39.3 Å². The molecule has 1 aliphatic heterocycles. The van der Waals surface area contributed by atoms with Crippen LogP contribution in [0.3, 0.4) is 0 Å². The number of phenols is 1. The summed E-state index contributed by atoms with van der Waals surface area (Å²) in [5.74, 6) is -0.296. The van der Waals surface area contributed by atoms with Gasteiger partial charge in [0.1, 0.15) is 0 Å². The lowest BCUT2D eigenvalue weighted by Gasteiger charge is -2.12. The molecule has 0 unspecified atom stereocenters. The van der Waals surface area contributed by atoms with Gasteiger partial charge in [0.2, 0.25) is 0 Å². The van der Waals surface area contributed by atoms with E-state index in [0.29, 0.717) is 17.1 Å². The Morgan fingerprint density at radius 1 is 1.30 bits per heavy atom. The van der Waals surface area contributed by atoms with Crippen LogP contribution in [0.2, 0.25) is 5.02 Å². The Hall–Kier alpha value is -1.96. The highest BCUT2D eigenvalue weighted by molar-refractivity contribution is 9.10. The van der Waals surface area contributed by atoms with Crippen LogP contribution in [-0.4, -0.2) is 27.8 Å². The van der Waals surface area contributed by atoms with E-state index in [0.717, 1.165) is 21.8 Å². The first-order valence-corrected chi connectivity index (χ1v) is 10.0. The van der Waals surface area contributed by atoms with Gasteiger partial charge in [0, 0.05) is 4.47 Å². The molecule has 3 rings (SSSR count). The van der Waals surface area contributed by atoms with Gasteiger partial charge in [-0.2, -0.15) is 0 Å². The molecule has 0 atom stereocenters. The summed E-state index contributed by atoms with van der Waals surface area (Å²) < 4.78 is 6.22. The Morgan fingerprint density at radius 3 is 2.78 bits per heavy atom. The molecule has 2 aromatic carbocycles. The van der Waals surface area contributed by atoms with Crippen molar-refractivity contribution in [3.63, 3.8) is 0 Å². The lowest BCUT2D eigenvalue weighted by atomic mass is 10.1. The fourth-order valence-electron chi connectivity index (χ4n) is 2.55.